The Morgan fingerprint density at radius 3 is 2.76 bits per heavy atom. The number of alkyl halides is 1. The molecule has 0 atom stereocenters. The molecule has 0 saturated heterocycles. The summed E-state index contributed by atoms with van der Waals surface area (Å²) in [6.07, 6.45) is 2.47. The summed E-state index contributed by atoms with van der Waals surface area (Å²) in [4.78, 5) is 15.8. The van der Waals surface area contributed by atoms with Crippen molar-refractivity contribution in [3.05, 3.63) is 29.0 Å². The first-order valence-electron chi connectivity index (χ1n) is 5.40. The zero-order valence-electron chi connectivity index (χ0n) is 9.96. The Hall–Kier alpha value is -0.610. The summed E-state index contributed by atoms with van der Waals surface area (Å²) in [5, 5.41) is 4.33. The van der Waals surface area contributed by atoms with Gasteiger partial charge < -0.3 is 5.32 Å². The van der Waals surface area contributed by atoms with Crippen LogP contribution < -0.4 is 5.32 Å². The number of hydrogen-bond acceptors (Lipinski definition) is 2. The molecule has 0 unspecified atom stereocenters. The smallest absolute Gasteiger partial charge is 0.269 e. The van der Waals surface area contributed by atoms with E-state index >= 15 is 0 Å². The van der Waals surface area contributed by atoms with Gasteiger partial charge in [-0.15, -0.1) is 0 Å². The number of nitrogens with zero attached hydrogens (tertiary/aromatic N) is 1. The number of halogens is 2. The van der Waals surface area contributed by atoms with E-state index in [0.29, 0.717) is 17.3 Å². The number of nitrogens with one attached hydrogen (secondary N) is 1. The lowest BCUT2D eigenvalue weighted by molar-refractivity contribution is 0.0931. The fourth-order valence-corrected chi connectivity index (χ4v) is 2.45. The Bertz CT molecular complexity index is 379. The van der Waals surface area contributed by atoms with Crippen molar-refractivity contribution >= 4 is 33.4 Å². The monoisotopic (exact) mass is 318 g/mol. The summed E-state index contributed by atoms with van der Waals surface area (Å²) in [5.41, 5.74) is 0.468. The number of pyridine rings is 1. The summed E-state index contributed by atoms with van der Waals surface area (Å²) in [5.74, 6) is -0.163. The van der Waals surface area contributed by atoms with E-state index < -0.39 is 0 Å². The second-order valence-electron chi connectivity index (χ2n) is 4.65. The Morgan fingerprint density at radius 2 is 2.24 bits per heavy atom. The zero-order chi connectivity index (χ0) is 12.9. The van der Waals surface area contributed by atoms with Crippen molar-refractivity contribution in [2.75, 3.05) is 11.9 Å². The van der Waals surface area contributed by atoms with Crippen molar-refractivity contribution in [2.45, 2.75) is 20.3 Å². The molecule has 0 aliphatic carbocycles. The van der Waals surface area contributed by atoms with E-state index in [2.05, 4.69) is 40.1 Å². The third kappa shape index (κ3) is 5.04. The van der Waals surface area contributed by atoms with Crippen molar-refractivity contribution in [1.29, 1.82) is 0 Å². The van der Waals surface area contributed by atoms with Crippen LogP contribution in [0, 0.1) is 5.41 Å². The maximum atomic E-state index is 11.8. The van der Waals surface area contributed by atoms with Gasteiger partial charge in [-0.05, 0) is 24.0 Å². The quantitative estimate of drug-likeness (QED) is 0.846. The fourth-order valence-electron chi connectivity index (χ4n) is 1.26. The fraction of sp³-hybridized carbons (Fsp3) is 0.500. The van der Waals surface area contributed by atoms with Gasteiger partial charge >= 0.3 is 0 Å². The van der Waals surface area contributed by atoms with Crippen LogP contribution in [0.3, 0.4) is 0 Å². The highest BCUT2D eigenvalue weighted by atomic mass is 79.9. The Balaban J connectivity index is 2.53. The first kappa shape index (κ1) is 14.5. The van der Waals surface area contributed by atoms with E-state index in [1.54, 1.807) is 12.1 Å². The second kappa shape index (κ2) is 6.36. The molecule has 1 N–H and O–H groups in total. The van der Waals surface area contributed by atoms with Gasteiger partial charge in [0.25, 0.3) is 5.91 Å². The summed E-state index contributed by atoms with van der Waals surface area (Å²) in [6, 6.07) is 3.28. The highest BCUT2D eigenvalue weighted by Crippen LogP contribution is 2.20. The molecule has 1 aromatic heterocycles. The van der Waals surface area contributed by atoms with Crippen LogP contribution in [0.25, 0.3) is 0 Å². The van der Waals surface area contributed by atoms with Crippen molar-refractivity contribution < 1.29 is 4.79 Å². The lowest BCUT2D eigenvalue weighted by Crippen LogP contribution is -2.34. The topological polar surface area (TPSA) is 42.0 Å². The average molecular weight is 320 g/mol. The molecule has 3 nitrogen and oxygen atoms in total. The van der Waals surface area contributed by atoms with Crippen molar-refractivity contribution in [1.82, 2.24) is 10.3 Å². The van der Waals surface area contributed by atoms with E-state index in [0.717, 1.165) is 11.8 Å². The van der Waals surface area contributed by atoms with Gasteiger partial charge in [-0.1, -0.05) is 41.4 Å². The molecule has 0 radical (unpaired) electrons. The van der Waals surface area contributed by atoms with E-state index in [-0.39, 0.29) is 11.3 Å². The Morgan fingerprint density at radius 1 is 1.53 bits per heavy atom. The summed E-state index contributed by atoms with van der Waals surface area (Å²) in [7, 11) is 0. The summed E-state index contributed by atoms with van der Waals surface area (Å²) < 4.78 is 0. The van der Waals surface area contributed by atoms with Crippen LogP contribution in [0.2, 0.25) is 5.02 Å². The molecule has 0 aromatic carbocycles. The Kier molecular flexibility index (Phi) is 5.40. The van der Waals surface area contributed by atoms with Crippen molar-refractivity contribution in [3.63, 3.8) is 0 Å². The van der Waals surface area contributed by atoms with Crippen molar-refractivity contribution in [2.24, 2.45) is 5.41 Å². The molecule has 0 fully saturated rings. The van der Waals surface area contributed by atoms with Crippen LogP contribution in [-0.4, -0.2) is 22.8 Å². The molecule has 0 saturated carbocycles. The first-order chi connectivity index (χ1) is 7.94. The number of amides is 1. The Labute approximate surface area is 115 Å². The maximum Gasteiger partial charge on any atom is 0.269 e. The van der Waals surface area contributed by atoms with E-state index in [4.69, 9.17) is 11.6 Å². The van der Waals surface area contributed by atoms with Gasteiger partial charge in [-0.25, -0.2) is 4.98 Å². The molecular weight excluding hydrogens is 304 g/mol. The molecule has 0 spiro atoms. The minimum Gasteiger partial charge on any atom is -0.350 e. The molecule has 1 aromatic rings. The number of carbonyl (C=O) groups excluding carboxylic acids is 1. The first-order valence-corrected chi connectivity index (χ1v) is 6.90. The van der Waals surface area contributed by atoms with Gasteiger partial charge in [0.1, 0.15) is 5.69 Å². The summed E-state index contributed by atoms with van der Waals surface area (Å²) in [6.45, 7) is 4.86. The lowest BCUT2D eigenvalue weighted by atomic mass is 9.90. The van der Waals surface area contributed by atoms with E-state index in [1.165, 1.54) is 6.20 Å². The predicted octanol–water partition coefficient (Wildman–Crippen LogP) is 3.28. The third-order valence-corrected chi connectivity index (χ3v) is 3.08. The van der Waals surface area contributed by atoms with Crippen LogP contribution in [0.4, 0.5) is 0 Å². The van der Waals surface area contributed by atoms with Gasteiger partial charge in [0.15, 0.2) is 0 Å². The molecule has 0 aliphatic heterocycles. The molecule has 1 heterocycles. The number of rotatable bonds is 5. The average Bonchev–Trinajstić information content (AvgIpc) is 2.27. The van der Waals surface area contributed by atoms with Crippen LogP contribution in [0.5, 0.6) is 0 Å². The van der Waals surface area contributed by atoms with Gasteiger partial charge in [-0.2, -0.15) is 0 Å². The minimum absolute atomic E-state index is 0.0750. The van der Waals surface area contributed by atoms with Gasteiger partial charge in [0.05, 0.1) is 5.02 Å². The largest absolute Gasteiger partial charge is 0.350 e. The zero-order valence-corrected chi connectivity index (χ0v) is 12.3. The normalized spacial score (nSPS) is 11.3. The van der Waals surface area contributed by atoms with Gasteiger partial charge in [0.2, 0.25) is 0 Å². The molecule has 0 aliphatic rings. The number of aromatic nitrogens is 1. The van der Waals surface area contributed by atoms with E-state index in [1.807, 2.05) is 0 Å². The third-order valence-electron chi connectivity index (χ3n) is 2.46. The van der Waals surface area contributed by atoms with Gasteiger partial charge in [0, 0.05) is 18.1 Å². The number of carbonyl (C=O) groups is 1. The minimum atomic E-state index is -0.163. The molecule has 17 heavy (non-hydrogen) atoms. The SMILES string of the molecule is CC(C)(CCBr)CNC(=O)c1ccc(Cl)cn1. The highest BCUT2D eigenvalue weighted by Gasteiger charge is 2.18. The molecular formula is C12H16BrClN2O. The molecule has 1 amide bonds. The van der Waals surface area contributed by atoms with Crippen LogP contribution >= 0.6 is 27.5 Å². The van der Waals surface area contributed by atoms with E-state index in [9.17, 15) is 4.79 Å². The maximum absolute atomic E-state index is 11.8. The second-order valence-corrected chi connectivity index (χ2v) is 5.88. The molecule has 0 bridgehead atoms. The van der Waals surface area contributed by atoms with Crippen LogP contribution in [0.1, 0.15) is 30.8 Å². The molecule has 1 rings (SSSR count). The highest BCUT2D eigenvalue weighted by molar-refractivity contribution is 9.09. The van der Waals surface area contributed by atoms with Crippen LogP contribution in [-0.2, 0) is 0 Å². The number of hydrogen-bond donors (Lipinski definition) is 1. The predicted molar refractivity (Wildman–Crippen MR) is 73.8 cm³/mol. The summed E-state index contributed by atoms with van der Waals surface area (Å²) >= 11 is 9.11. The standard InChI is InChI=1S/C12H16BrClN2O/c1-12(2,5-6-13)8-16-11(17)10-4-3-9(14)7-15-10/h3-4,7H,5-6,8H2,1-2H3,(H,16,17). The molecule has 5 heteroatoms. The van der Waals surface area contributed by atoms with Crippen molar-refractivity contribution in [3.8, 4) is 0 Å². The molecule has 94 valence electrons. The van der Waals surface area contributed by atoms with Crippen LogP contribution in [0.15, 0.2) is 18.3 Å². The lowest BCUT2D eigenvalue weighted by Gasteiger charge is -2.23. The van der Waals surface area contributed by atoms with Gasteiger partial charge in [-0.3, -0.25) is 4.79 Å².